The molecule has 0 aromatic carbocycles. The van der Waals surface area contributed by atoms with Gasteiger partial charge in [0.15, 0.2) is 0 Å². The van der Waals surface area contributed by atoms with Crippen molar-refractivity contribution in [2.75, 3.05) is 0 Å². The van der Waals surface area contributed by atoms with Crippen molar-refractivity contribution in [2.24, 2.45) is 0 Å². The molecule has 3 aromatic rings. The third kappa shape index (κ3) is 2.83. The van der Waals surface area contributed by atoms with Gasteiger partial charge in [0.25, 0.3) is 5.91 Å². The first kappa shape index (κ1) is 17.8. The van der Waals surface area contributed by atoms with Crippen molar-refractivity contribution in [1.29, 1.82) is 0 Å². The summed E-state index contributed by atoms with van der Waals surface area (Å²) in [5, 5.41) is 20.3. The lowest BCUT2D eigenvalue weighted by Crippen LogP contribution is -2.52. The van der Waals surface area contributed by atoms with Gasteiger partial charge in [-0.15, -0.1) is 11.3 Å². The van der Waals surface area contributed by atoms with Crippen LogP contribution in [-0.4, -0.2) is 48.2 Å². The van der Waals surface area contributed by atoms with Crippen LogP contribution < -0.4 is 0 Å². The number of thiophene rings is 1. The topological polar surface area (TPSA) is 95.0 Å². The Hall–Kier alpha value is -2.29. The third-order valence-electron chi connectivity index (χ3n) is 5.74. The maximum absolute atomic E-state index is 13.2. The maximum atomic E-state index is 13.2. The summed E-state index contributed by atoms with van der Waals surface area (Å²) in [5.41, 5.74) is 0.993. The lowest BCUT2D eigenvalue weighted by molar-refractivity contribution is -0.0508. The van der Waals surface area contributed by atoms with Crippen LogP contribution in [0.1, 0.15) is 41.7 Å². The van der Waals surface area contributed by atoms with Gasteiger partial charge >= 0.3 is 0 Å². The molecule has 5 rings (SSSR count). The van der Waals surface area contributed by atoms with E-state index in [4.69, 9.17) is 11.6 Å². The highest BCUT2D eigenvalue weighted by atomic mass is 35.5. The summed E-state index contributed by atoms with van der Waals surface area (Å²) >= 11 is 7.77. The van der Waals surface area contributed by atoms with Gasteiger partial charge in [-0.05, 0) is 18.9 Å². The van der Waals surface area contributed by atoms with Gasteiger partial charge in [-0.25, -0.2) is 9.97 Å². The van der Waals surface area contributed by atoms with Gasteiger partial charge in [0.05, 0.1) is 22.5 Å². The SMILES string of the molecule is O=C(c1csc(-c2cn[nH]c2)c1)N1C2CCC1CC(O)(c1ncncc1Cl)C2. The number of amides is 1. The fourth-order valence-corrected chi connectivity index (χ4v) is 5.69. The fraction of sp³-hybridized carbons (Fsp3) is 0.368. The number of aliphatic hydroxyl groups is 1. The van der Waals surface area contributed by atoms with Gasteiger partial charge in [-0.3, -0.25) is 9.89 Å². The number of nitrogens with one attached hydrogen (secondary N) is 1. The number of piperidine rings is 1. The molecule has 5 heterocycles. The minimum absolute atomic E-state index is 0.0225. The number of carbonyl (C=O) groups is 1. The molecule has 3 aromatic heterocycles. The second kappa shape index (κ2) is 6.65. The Morgan fingerprint density at radius 3 is 2.79 bits per heavy atom. The average molecular weight is 416 g/mol. The van der Waals surface area contributed by atoms with Gasteiger partial charge in [0.2, 0.25) is 0 Å². The molecule has 9 heteroatoms. The van der Waals surface area contributed by atoms with E-state index in [1.165, 1.54) is 23.9 Å². The van der Waals surface area contributed by atoms with E-state index in [1.54, 1.807) is 6.20 Å². The number of H-pyrrole nitrogens is 1. The van der Waals surface area contributed by atoms with E-state index < -0.39 is 5.60 Å². The number of carbonyl (C=O) groups excluding carboxylic acids is 1. The van der Waals surface area contributed by atoms with Crippen LogP contribution >= 0.6 is 22.9 Å². The molecule has 2 N–H and O–H groups in total. The number of halogens is 1. The Morgan fingerprint density at radius 2 is 2.11 bits per heavy atom. The number of hydrogen-bond donors (Lipinski definition) is 2. The number of fused-ring (bicyclic) bond motifs is 2. The van der Waals surface area contributed by atoms with E-state index in [2.05, 4.69) is 20.2 Å². The number of aromatic amines is 1. The van der Waals surface area contributed by atoms with Crippen molar-refractivity contribution in [3.8, 4) is 10.4 Å². The van der Waals surface area contributed by atoms with Gasteiger partial charge in [-0.2, -0.15) is 5.10 Å². The van der Waals surface area contributed by atoms with Crippen LogP contribution in [-0.2, 0) is 5.60 Å². The molecule has 0 radical (unpaired) electrons. The van der Waals surface area contributed by atoms with E-state index >= 15 is 0 Å². The summed E-state index contributed by atoms with van der Waals surface area (Å²) in [4.78, 5) is 24.3. The Balaban J connectivity index is 1.40. The van der Waals surface area contributed by atoms with Crippen LogP contribution in [0.25, 0.3) is 10.4 Å². The largest absolute Gasteiger partial charge is 0.383 e. The Morgan fingerprint density at radius 1 is 1.32 bits per heavy atom. The maximum Gasteiger partial charge on any atom is 0.255 e. The van der Waals surface area contributed by atoms with Crippen LogP contribution in [0, 0.1) is 0 Å². The van der Waals surface area contributed by atoms with Crippen LogP contribution in [0.15, 0.2) is 36.4 Å². The molecule has 0 spiro atoms. The molecule has 2 aliphatic rings. The van der Waals surface area contributed by atoms with Gasteiger partial charge in [0, 0.05) is 53.1 Å². The summed E-state index contributed by atoms with van der Waals surface area (Å²) in [6, 6.07) is 1.86. The van der Waals surface area contributed by atoms with E-state index in [0.717, 1.165) is 23.3 Å². The first-order valence-corrected chi connectivity index (χ1v) is 10.4. The number of rotatable bonds is 3. The van der Waals surface area contributed by atoms with Crippen molar-refractivity contribution in [3.05, 3.63) is 52.6 Å². The molecule has 2 unspecified atom stereocenters. The molecule has 28 heavy (non-hydrogen) atoms. The Labute approximate surface area is 170 Å². The van der Waals surface area contributed by atoms with Crippen LogP contribution in [0.3, 0.4) is 0 Å². The molecule has 7 nitrogen and oxygen atoms in total. The summed E-state index contributed by atoms with van der Waals surface area (Å²) in [7, 11) is 0. The van der Waals surface area contributed by atoms with E-state index in [0.29, 0.717) is 29.1 Å². The van der Waals surface area contributed by atoms with E-state index in [9.17, 15) is 9.90 Å². The zero-order chi connectivity index (χ0) is 19.3. The third-order valence-corrected chi connectivity index (χ3v) is 6.99. The molecule has 144 valence electrons. The normalized spacial score (nSPS) is 26.6. The molecule has 2 aliphatic heterocycles. The molecule has 2 bridgehead atoms. The Kier molecular flexibility index (Phi) is 4.22. The summed E-state index contributed by atoms with van der Waals surface area (Å²) in [5.74, 6) is 0.0225. The summed E-state index contributed by atoms with van der Waals surface area (Å²) in [6.45, 7) is 0. The number of nitrogens with zero attached hydrogens (tertiary/aromatic N) is 4. The van der Waals surface area contributed by atoms with Crippen molar-refractivity contribution in [2.45, 2.75) is 43.4 Å². The quantitative estimate of drug-likeness (QED) is 0.684. The molecule has 0 saturated carbocycles. The minimum Gasteiger partial charge on any atom is -0.383 e. The van der Waals surface area contributed by atoms with Gasteiger partial charge < -0.3 is 10.0 Å². The first-order valence-electron chi connectivity index (χ1n) is 9.14. The molecular weight excluding hydrogens is 398 g/mol. The van der Waals surface area contributed by atoms with E-state index in [-0.39, 0.29) is 18.0 Å². The zero-order valence-corrected chi connectivity index (χ0v) is 16.5. The predicted octanol–water partition coefficient (Wildman–Crippen LogP) is 3.24. The van der Waals surface area contributed by atoms with Crippen LogP contribution in [0.4, 0.5) is 0 Å². The van der Waals surface area contributed by atoms with Gasteiger partial charge in [-0.1, -0.05) is 11.6 Å². The summed E-state index contributed by atoms with van der Waals surface area (Å²) < 4.78 is 0. The second-order valence-electron chi connectivity index (χ2n) is 7.44. The second-order valence-corrected chi connectivity index (χ2v) is 8.76. The average Bonchev–Trinajstić information content (AvgIpc) is 3.41. The van der Waals surface area contributed by atoms with Crippen molar-refractivity contribution >= 4 is 28.8 Å². The smallest absolute Gasteiger partial charge is 0.255 e. The fourth-order valence-electron chi connectivity index (χ4n) is 4.54. The number of aromatic nitrogens is 4. The van der Waals surface area contributed by atoms with Crippen LogP contribution in [0.5, 0.6) is 0 Å². The minimum atomic E-state index is -1.13. The molecule has 2 saturated heterocycles. The van der Waals surface area contributed by atoms with Crippen molar-refractivity contribution in [3.63, 3.8) is 0 Å². The zero-order valence-electron chi connectivity index (χ0n) is 14.9. The molecule has 2 atom stereocenters. The highest BCUT2D eigenvalue weighted by molar-refractivity contribution is 7.13. The molecule has 0 aliphatic carbocycles. The van der Waals surface area contributed by atoms with Gasteiger partial charge in [0.1, 0.15) is 11.9 Å². The Bertz CT molecular complexity index is 1010. The lowest BCUT2D eigenvalue weighted by Gasteiger charge is -2.43. The lowest BCUT2D eigenvalue weighted by atomic mass is 9.83. The van der Waals surface area contributed by atoms with Crippen LogP contribution in [0.2, 0.25) is 5.02 Å². The number of hydrogen-bond acceptors (Lipinski definition) is 6. The molecule has 1 amide bonds. The standard InChI is InChI=1S/C19H18ClN5O2S/c20-15-8-21-10-22-17(15)19(27)4-13-1-2-14(5-19)25(13)18(26)11-3-16(28-9-11)12-6-23-24-7-12/h3,6-10,13-14,27H,1-2,4-5H2,(H,23,24). The highest BCUT2D eigenvalue weighted by Gasteiger charge is 2.51. The monoisotopic (exact) mass is 415 g/mol. The highest BCUT2D eigenvalue weighted by Crippen LogP contribution is 2.47. The molecular formula is C19H18ClN5O2S. The van der Waals surface area contributed by atoms with Crippen molar-refractivity contribution in [1.82, 2.24) is 25.1 Å². The van der Waals surface area contributed by atoms with Crippen molar-refractivity contribution < 1.29 is 9.90 Å². The summed E-state index contributed by atoms with van der Waals surface area (Å²) in [6.07, 6.45) is 9.09. The first-order chi connectivity index (χ1) is 13.5. The molecule has 2 fully saturated rings. The van der Waals surface area contributed by atoms with E-state index in [1.807, 2.05) is 22.5 Å². The predicted molar refractivity (Wildman–Crippen MR) is 105 cm³/mol.